The van der Waals surface area contributed by atoms with Crippen LogP contribution in [0, 0.1) is 0 Å². The zero-order valence-electron chi connectivity index (χ0n) is 11.7. The summed E-state index contributed by atoms with van der Waals surface area (Å²) in [5.74, 6) is 1.30. The average Bonchev–Trinajstić information content (AvgIpc) is 3.08. The molecule has 1 aliphatic heterocycles. The zero-order chi connectivity index (χ0) is 14.9. The molecule has 1 aliphatic rings. The molecule has 1 saturated heterocycles. The molecule has 0 radical (unpaired) electrons. The Balaban J connectivity index is 1.86. The van der Waals surface area contributed by atoms with Gasteiger partial charge < -0.3 is 9.30 Å². The quantitative estimate of drug-likeness (QED) is 0.934. The van der Waals surface area contributed by atoms with E-state index in [4.69, 9.17) is 4.74 Å². The Bertz CT molecular complexity index is 716. The number of aromatic nitrogens is 2. The van der Waals surface area contributed by atoms with Crippen LogP contribution >= 0.6 is 0 Å². The number of anilines is 1. The third-order valence-electron chi connectivity index (χ3n) is 3.41. The fraction of sp³-hybridized carbons (Fsp3) is 0.357. The Kier molecular flexibility index (Phi) is 3.69. The maximum Gasteiger partial charge on any atom is 0.229 e. The molecular weight excluding hydrogens is 290 g/mol. The first-order chi connectivity index (χ1) is 10.0. The van der Waals surface area contributed by atoms with Gasteiger partial charge in [0.25, 0.3) is 0 Å². The molecule has 1 N–H and O–H groups in total. The molecule has 6 nitrogen and oxygen atoms in total. The van der Waals surface area contributed by atoms with Crippen LogP contribution in [0.25, 0.3) is 5.69 Å². The molecule has 112 valence electrons. The van der Waals surface area contributed by atoms with Gasteiger partial charge in [0.05, 0.1) is 12.9 Å². The molecule has 1 aromatic heterocycles. The summed E-state index contributed by atoms with van der Waals surface area (Å²) in [4.78, 5) is 4.43. The summed E-state index contributed by atoms with van der Waals surface area (Å²) in [5, 5.41) is 0. The van der Waals surface area contributed by atoms with Crippen molar-refractivity contribution in [2.24, 2.45) is 0 Å². The van der Waals surface area contributed by atoms with Gasteiger partial charge in [-0.05, 0) is 30.7 Å². The van der Waals surface area contributed by atoms with Crippen LogP contribution in [0.1, 0.15) is 18.2 Å². The molecule has 0 aliphatic carbocycles. The molecule has 2 aromatic rings. The van der Waals surface area contributed by atoms with Crippen molar-refractivity contribution in [2.45, 2.75) is 12.3 Å². The highest BCUT2D eigenvalue weighted by Crippen LogP contribution is 2.26. The number of nitrogens with one attached hydrogen (secondary N) is 1. The maximum absolute atomic E-state index is 11.2. The zero-order valence-corrected chi connectivity index (χ0v) is 12.5. The van der Waals surface area contributed by atoms with Gasteiger partial charge in [-0.3, -0.25) is 4.72 Å². The third-order valence-corrected chi connectivity index (χ3v) is 4.02. The summed E-state index contributed by atoms with van der Waals surface area (Å²) >= 11 is 0. The second kappa shape index (κ2) is 5.50. The van der Waals surface area contributed by atoms with E-state index >= 15 is 0 Å². The van der Waals surface area contributed by atoms with Crippen molar-refractivity contribution in [1.29, 1.82) is 0 Å². The van der Waals surface area contributed by atoms with Crippen molar-refractivity contribution in [2.75, 3.05) is 24.2 Å². The molecule has 0 amide bonds. The summed E-state index contributed by atoms with van der Waals surface area (Å²) in [5.41, 5.74) is 1.50. The smallest absolute Gasteiger partial charge is 0.229 e. The predicted octanol–water partition coefficient (Wildman–Crippen LogP) is 1.75. The van der Waals surface area contributed by atoms with Crippen LogP contribution in [0.5, 0.6) is 0 Å². The molecule has 0 saturated carbocycles. The van der Waals surface area contributed by atoms with Gasteiger partial charge in [-0.2, -0.15) is 0 Å². The lowest BCUT2D eigenvalue weighted by molar-refractivity contribution is 0.193. The molecule has 7 heteroatoms. The molecule has 1 atom stereocenters. The molecular formula is C14H17N3O3S. The highest BCUT2D eigenvalue weighted by Gasteiger charge is 2.22. The summed E-state index contributed by atoms with van der Waals surface area (Å²) in [6.07, 6.45) is 5.79. The average molecular weight is 307 g/mol. The second-order valence-corrected chi connectivity index (χ2v) is 6.89. The van der Waals surface area contributed by atoms with Crippen LogP contribution in [-0.4, -0.2) is 37.4 Å². The summed E-state index contributed by atoms with van der Waals surface area (Å²) in [6, 6.07) is 7.22. The monoisotopic (exact) mass is 307 g/mol. The van der Waals surface area contributed by atoms with Crippen LogP contribution < -0.4 is 4.72 Å². The van der Waals surface area contributed by atoms with E-state index < -0.39 is 10.0 Å². The standard InChI is InChI=1S/C14H17N3O3S/c1-21(18,19)16-12-2-4-13(5-3-12)17-8-7-15-14(17)11-6-9-20-10-11/h2-5,7-8,11,16H,6,9-10H2,1H3/t11-/m0/s1. The Labute approximate surface area is 123 Å². The largest absolute Gasteiger partial charge is 0.381 e. The molecule has 0 spiro atoms. The van der Waals surface area contributed by atoms with E-state index in [0.717, 1.165) is 30.8 Å². The highest BCUT2D eigenvalue weighted by molar-refractivity contribution is 7.92. The molecule has 0 unspecified atom stereocenters. The molecule has 1 fully saturated rings. The van der Waals surface area contributed by atoms with Crippen molar-refractivity contribution in [3.63, 3.8) is 0 Å². The van der Waals surface area contributed by atoms with Gasteiger partial charge in [0.2, 0.25) is 10.0 Å². The van der Waals surface area contributed by atoms with Gasteiger partial charge in [-0.25, -0.2) is 13.4 Å². The molecule has 0 bridgehead atoms. The lowest BCUT2D eigenvalue weighted by Gasteiger charge is -2.12. The van der Waals surface area contributed by atoms with Crippen molar-refractivity contribution in [3.05, 3.63) is 42.5 Å². The fourth-order valence-electron chi connectivity index (χ4n) is 2.48. The van der Waals surface area contributed by atoms with E-state index in [2.05, 4.69) is 9.71 Å². The van der Waals surface area contributed by atoms with Crippen LogP contribution in [0.2, 0.25) is 0 Å². The number of ether oxygens (including phenoxy) is 1. The van der Waals surface area contributed by atoms with E-state index in [1.807, 2.05) is 22.9 Å². The number of hydrogen-bond donors (Lipinski definition) is 1. The Morgan fingerprint density at radius 2 is 2.10 bits per heavy atom. The van der Waals surface area contributed by atoms with Crippen LogP contribution in [0.4, 0.5) is 5.69 Å². The van der Waals surface area contributed by atoms with Crippen LogP contribution in [-0.2, 0) is 14.8 Å². The number of imidazole rings is 1. The molecule has 21 heavy (non-hydrogen) atoms. The van der Waals surface area contributed by atoms with E-state index in [9.17, 15) is 8.42 Å². The SMILES string of the molecule is CS(=O)(=O)Nc1ccc(-n2ccnc2[C@H]2CCOC2)cc1. The lowest BCUT2D eigenvalue weighted by atomic mass is 10.1. The van der Waals surface area contributed by atoms with Crippen LogP contribution in [0.3, 0.4) is 0 Å². The molecule has 2 heterocycles. The number of sulfonamides is 1. The van der Waals surface area contributed by atoms with Gasteiger partial charge in [-0.15, -0.1) is 0 Å². The van der Waals surface area contributed by atoms with Gasteiger partial charge in [0, 0.05) is 36.3 Å². The first-order valence-electron chi connectivity index (χ1n) is 6.72. The summed E-state index contributed by atoms with van der Waals surface area (Å²) in [7, 11) is -3.25. The van der Waals surface area contributed by atoms with Crippen molar-refractivity contribution in [1.82, 2.24) is 9.55 Å². The Morgan fingerprint density at radius 3 is 2.71 bits per heavy atom. The molecule has 3 rings (SSSR count). The predicted molar refractivity (Wildman–Crippen MR) is 80.2 cm³/mol. The number of benzene rings is 1. The first kappa shape index (κ1) is 14.1. The van der Waals surface area contributed by atoms with Gasteiger partial charge in [0.15, 0.2) is 0 Å². The lowest BCUT2D eigenvalue weighted by Crippen LogP contribution is -2.10. The summed E-state index contributed by atoms with van der Waals surface area (Å²) in [6.45, 7) is 1.47. The number of rotatable bonds is 4. The van der Waals surface area contributed by atoms with Crippen molar-refractivity contribution >= 4 is 15.7 Å². The highest BCUT2D eigenvalue weighted by atomic mass is 32.2. The van der Waals surface area contributed by atoms with Crippen molar-refractivity contribution < 1.29 is 13.2 Å². The second-order valence-electron chi connectivity index (χ2n) is 5.14. The molecule has 1 aromatic carbocycles. The minimum Gasteiger partial charge on any atom is -0.381 e. The van der Waals surface area contributed by atoms with Gasteiger partial charge >= 0.3 is 0 Å². The minimum atomic E-state index is -3.25. The topological polar surface area (TPSA) is 73.2 Å². The van der Waals surface area contributed by atoms with E-state index in [0.29, 0.717) is 18.2 Å². The van der Waals surface area contributed by atoms with Crippen molar-refractivity contribution in [3.8, 4) is 5.69 Å². The third kappa shape index (κ3) is 3.25. The van der Waals surface area contributed by atoms with E-state index in [-0.39, 0.29) is 0 Å². The minimum absolute atomic E-state index is 0.314. The first-order valence-corrected chi connectivity index (χ1v) is 8.61. The van der Waals surface area contributed by atoms with Gasteiger partial charge in [0.1, 0.15) is 5.82 Å². The Hall–Kier alpha value is -1.86. The number of hydrogen-bond acceptors (Lipinski definition) is 4. The van der Waals surface area contributed by atoms with Crippen LogP contribution in [0.15, 0.2) is 36.7 Å². The summed E-state index contributed by atoms with van der Waals surface area (Å²) < 4.78 is 32.3. The maximum atomic E-state index is 11.2. The van der Waals surface area contributed by atoms with Gasteiger partial charge in [-0.1, -0.05) is 0 Å². The van der Waals surface area contributed by atoms with E-state index in [1.54, 1.807) is 18.3 Å². The fourth-order valence-corrected chi connectivity index (χ4v) is 3.04. The Morgan fingerprint density at radius 1 is 1.33 bits per heavy atom. The normalized spacial score (nSPS) is 18.8. The van der Waals surface area contributed by atoms with E-state index in [1.165, 1.54) is 0 Å². The number of nitrogens with zero attached hydrogens (tertiary/aromatic N) is 2.